The van der Waals surface area contributed by atoms with E-state index in [1.807, 2.05) is 49.2 Å². The quantitative estimate of drug-likeness (QED) is 0.584. The Kier molecular flexibility index (Phi) is 5.81. The molecule has 0 spiro atoms. The van der Waals surface area contributed by atoms with E-state index in [2.05, 4.69) is 5.32 Å². The SMILES string of the molecule is Cc1ccc(F)c(NC(=S)N(C)C(c2ccccc2)c2ccc(F)cc2)c1. The first-order chi connectivity index (χ1) is 13.0. The van der Waals surface area contributed by atoms with Gasteiger partial charge in [0.1, 0.15) is 11.6 Å². The van der Waals surface area contributed by atoms with Crippen LogP contribution in [0.2, 0.25) is 0 Å². The largest absolute Gasteiger partial charge is 0.341 e. The van der Waals surface area contributed by atoms with Crippen molar-refractivity contribution < 1.29 is 8.78 Å². The molecule has 0 aliphatic carbocycles. The Hall–Kier alpha value is -2.79. The molecule has 2 nitrogen and oxygen atoms in total. The van der Waals surface area contributed by atoms with Crippen LogP contribution in [-0.4, -0.2) is 17.1 Å². The third kappa shape index (κ3) is 4.49. The molecule has 3 rings (SSSR count). The van der Waals surface area contributed by atoms with Crippen LogP contribution in [0, 0.1) is 18.6 Å². The maximum Gasteiger partial charge on any atom is 0.174 e. The maximum absolute atomic E-state index is 14.1. The lowest BCUT2D eigenvalue weighted by molar-refractivity contribution is 0.433. The molecule has 0 saturated carbocycles. The molecule has 0 amide bonds. The molecule has 3 aromatic carbocycles. The van der Waals surface area contributed by atoms with Crippen LogP contribution in [0.3, 0.4) is 0 Å². The van der Waals surface area contributed by atoms with Crippen LogP contribution >= 0.6 is 12.2 Å². The molecule has 1 atom stereocenters. The van der Waals surface area contributed by atoms with E-state index < -0.39 is 0 Å². The lowest BCUT2D eigenvalue weighted by Gasteiger charge is -2.31. The number of aryl methyl sites for hydroxylation is 1. The van der Waals surface area contributed by atoms with Gasteiger partial charge in [0.25, 0.3) is 0 Å². The molecule has 27 heavy (non-hydrogen) atoms. The van der Waals surface area contributed by atoms with E-state index >= 15 is 0 Å². The molecular weight excluding hydrogens is 362 g/mol. The molecular formula is C22H20F2N2S. The minimum absolute atomic E-state index is 0.236. The molecule has 0 aliphatic heterocycles. The zero-order chi connectivity index (χ0) is 19.4. The van der Waals surface area contributed by atoms with Gasteiger partial charge in [-0.05, 0) is 60.1 Å². The van der Waals surface area contributed by atoms with Gasteiger partial charge in [0, 0.05) is 7.05 Å². The number of nitrogens with one attached hydrogen (secondary N) is 1. The van der Waals surface area contributed by atoms with E-state index in [4.69, 9.17) is 12.2 Å². The standard InChI is InChI=1S/C22H20F2N2S/c1-15-8-13-19(24)20(14-15)25-22(27)26(2)21(16-6-4-3-5-7-16)17-9-11-18(23)12-10-17/h3-14,21H,1-2H3,(H,25,27). The van der Waals surface area contributed by atoms with Gasteiger partial charge in [0.2, 0.25) is 0 Å². The highest BCUT2D eigenvalue weighted by Crippen LogP contribution is 2.29. The third-order valence-electron chi connectivity index (χ3n) is 4.37. The van der Waals surface area contributed by atoms with Crippen molar-refractivity contribution in [2.24, 2.45) is 0 Å². The molecule has 1 unspecified atom stereocenters. The molecule has 0 radical (unpaired) electrons. The van der Waals surface area contributed by atoms with Crippen molar-refractivity contribution in [3.63, 3.8) is 0 Å². The summed E-state index contributed by atoms with van der Waals surface area (Å²) in [7, 11) is 1.84. The topological polar surface area (TPSA) is 15.3 Å². The van der Waals surface area contributed by atoms with E-state index in [0.717, 1.165) is 16.7 Å². The van der Waals surface area contributed by atoms with Crippen molar-refractivity contribution in [1.82, 2.24) is 4.90 Å². The first kappa shape index (κ1) is 19.0. The average molecular weight is 382 g/mol. The minimum atomic E-state index is -0.366. The number of thiocarbonyl (C=S) groups is 1. The molecule has 5 heteroatoms. The second kappa shape index (κ2) is 8.27. The summed E-state index contributed by atoms with van der Waals surface area (Å²) in [6.07, 6.45) is 0. The summed E-state index contributed by atoms with van der Waals surface area (Å²) < 4.78 is 27.5. The van der Waals surface area contributed by atoms with Crippen molar-refractivity contribution in [2.45, 2.75) is 13.0 Å². The molecule has 138 valence electrons. The van der Waals surface area contributed by atoms with Crippen LogP contribution in [0.4, 0.5) is 14.5 Å². The van der Waals surface area contributed by atoms with Crippen LogP contribution < -0.4 is 5.32 Å². The summed E-state index contributed by atoms with van der Waals surface area (Å²) in [6, 6.07) is 20.7. The Morgan fingerprint density at radius 2 is 1.56 bits per heavy atom. The fourth-order valence-corrected chi connectivity index (χ4v) is 3.19. The van der Waals surface area contributed by atoms with E-state index in [1.54, 1.807) is 24.3 Å². The van der Waals surface area contributed by atoms with Crippen molar-refractivity contribution >= 4 is 23.0 Å². The Labute approximate surface area is 163 Å². The van der Waals surface area contributed by atoms with Crippen LogP contribution in [0.15, 0.2) is 72.8 Å². The summed E-state index contributed by atoms with van der Waals surface area (Å²) in [6.45, 7) is 1.89. The highest BCUT2D eigenvalue weighted by atomic mass is 32.1. The number of benzene rings is 3. The Bertz CT molecular complexity index is 927. The van der Waals surface area contributed by atoms with Gasteiger partial charge in [-0.2, -0.15) is 0 Å². The van der Waals surface area contributed by atoms with E-state index in [0.29, 0.717) is 10.8 Å². The zero-order valence-corrected chi connectivity index (χ0v) is 15.9. The van der Waals surface area contributed by atoms with Gasteiger partial charge < -0.3 is 10.2 Å². The predicted octanol–water partition coefficient (Wildman–Crippen LogP) is 5.69. The predicted molar refractivity (Wildman–Crippen MR) is 110 cm³/mol. The molecule has 3 aromatic rings. The highest BCUT2D eigenvalue weighted by Gasteiger charge is 2.22. The van der Waals surface area contributed by atoms with Crippen LogP contribution in [0.5, 0.6) is 0 Å². The minimum Gasteiger partial charge on any atom is -0.341 e. The van der Waals surface area contributed by atoms with Gasteiger partial charge >= 0.3 is 0 Å². The molecule has 0 bridgehead atoms. The van der Waals surface area contributed by atoms with Crippen LogP contribution in [0.1, 0.15) is 22.7 Å². The molecule has 0 heterocycles. The molecule has 0 aromatic heterocycles. The number of nitrogens with zero attached hydrogens (tertiary/aromatic N) is 1. The molecule has 0 aliphatic rings. The fraction of sp³-hybridized carbons (Fsp3) is 0.136. The summed E-state index contributed by atoms with van der Waals surface area (Å²) in [4.78, 5) is 1.85. The molecule has 1 N–H and O–H groups in total. The Morgan fingerprint density at radius 1 is 0.926 bits per heavy atom. The lowest BCUT2D eigenvalue weighted by Crippen LogP contribution is -2.35. The van der Waals surface area contributed by atoms with Crippen molar-refractivity contribution in [1.29, 1.82) is 0 Å². The van der Waals surface area contributed by atoms with Gasteiger partial charge in [-0.15, -0.1) is 0 Å². The van der Waals surface area contributed by atoms with Crippen LogP contribution in [0.25, 0.3) is 0 Å². The normalized spacial score (nSPS) is 11.7. The van der Waals surface area contributed by atoms with Gasteiger partial charge in [-0.3, -0.25) is 0 Å². The summed E-state index contributed by atoms with van der Waals surface area (Å²) in [5, 5.41) is 3.36. The van der Waals surface area contributed by atoms with Crippen molar-refractivity contribution in [3.8, 4) is 0 Å². The van der Waals surface area contributed by atoms with Crippen LogP contribution in [-0.2, 0) is 0 Å². The summed E-state index contributed by atoms with van der Waals surface area (Å²) in [5.74, 6) is -0.662. The highest BCUT2D eigenvalue weighted by molar-refractivity contribution is 7.80. The lowest BCUT2D eigenvalue weighted by atomic mass is 9.97. The Morgan fingerprint density at radius 3 is 2.22 bits per heavy atom. The number of halogens is 2. The first-order valence-corrected chi connectivity index (χ1v) is 8.97. The van der Waals surface area contributed by atoms with Gasteiger partial charge in [-0.25, -0.2) is 8.78 Å². The van der Waals surface area contributed by atoms with E-state index in [-0.39, 0.29) is 17.7 Å². The van der Waals surface area contributed by atoms with Crippen molar-refractivity contribution in [2.75, 3.05) is 12.4 Å². The number of hydrogen-bond donors (Lipinski definition) is 1. The van der Waals surface area contributed by atoms with E-state index in [9.17, 15) is 8.78 Å². The molecule has 0 saturated heterocycles. The van der Waals surface area contributed by atoms with Gasteiger partial charge in [0.05, 0.1) is 11.7 Å². The van der Waals surface area contributed by atoms with Gasteiger partial charge in [0.15, 0.2) is 5.11 Å². The third-order valence-corrected chi connectivity index (χ3v) is 4.76. The average Bonchev–Trinajstić information content (AvgIpc) is 2.67. The summed E-state index contributed by atoms with van der Waals surface area (Å²) >= 11 is 5.54. The summed E-state index contributed by atoms with van der Waals surface area (Å²) in [5.41, 5.74) is 3.15. The smallest absolute Gasteiger partial charge is 0.174 e. The van der Waals surface area contributed by atoms with Gasteiger partial charge in [-0.1, -0.05) is 48.5 Å². The molecule has 0 fully saturated rings. The number of anilines is 1. The first-order valence-electron chi connectivity index (χ1n) is 8.56. The fourth-order valence-electron chi connectivity index (χ4n) is 2.98. The zero-order valence-electron chi connectivity index (χ0n) is 15.1. The number of rotatable bonds is 4. The monoisotopic (exact) mass is 382 g/mol. The second-order valence-corrected chi connectivity index (χ2v) is 6.78. The number of hydrogen-bond acceptors (Lipinski definition) is 1. The second-order valence-electron chi connectivity index (χ2n) is 6.39. The van der Waals surface area contributed by atoms with Crippen molar-refractivity contribution in [3.05, 3.63) is 101 Å². The maximum atomic E-state index is 14.1. The van der Waals surface area contributed by atoms with E-state index in [1.165, 1.54) is 18.2 Å². The Balaban J connectivity index is 1.92.